The molecule has 1 unspecified atom stereocenters. The van der Waals surface area contributed by atoms with Gasteiger partial charge in [0.05, 0.1) is 0 Å². The maximum Gasteiger partial charge on any atom is 0.322 e. The van der Waals surface area contributed by atoms with Crippen LogP contribution in [0.1, 0.15) is 28.4 Å². The average molecular weight is 440 g/mol. The van der Waals surface area contributed by atoms with Crippen molar-refractivity contribution in [3.63, 3.8) is 0 Å². The van der Waals surface area contributed by atoms with Crippen LogP contribution < -0.4 is 21.4 Å². The SMILES string of the molecule is CC1(c2cccc(CNC(=O)c3ccc4[nH]c5ccccc5c(=O)c4c3)c2)NC(=O)NC1=O. The number of rotatable bonds is 4. The maximum atomic E-state index is 12.9. The molecule has 5 rings (SSSR count). The number of pyridine rings is 1. The third kappa shape index (κ3) is 3.51. The van der Waals surface area contributed by atoms with Gasteiger partial charge in [-0.2, -0.15) is 0 Å². The lowest BCUT2D eigenvalue weighted by Crippen LogP contribution is -2.40. The van der Waals surface area contributed by atoms with E-state index >= 15 is 0 Å². The van der Waals surface area contributed by atoms with Crippen molar-refractivity contribution in [2.24, 2.45) is 0 Å². The molecule has 1 atom stereocenters. The number of urea groups is 1. The van der Waals surface area contributed by atoms with E-state index in [0.29, 0.717) is 27.4 Å². The molecule has 1 fully saturated rings. The van der Waals surface area contributed by atoms with Crippen LogP contribution in [0.25, 0.3) is 21.8 Å². The number of carbonyl (C=O) groups is 3. The Morgan fingerprint density at radius 2 is 1.70 bits per heavy atom. The standard InChI is InChI=1S/C25H20N4O4/c1-25(23(32)28-24(33)29-25)16-6-4-5-14(11-16)13-26-22(31)15-9-10-20-18(12-15)21(30)17-7-2-3-8-19(17)27-20/h2-12H,13H2,1H3,(H,26,31)(H,27,30)(H2,28,29,32,33). The van der Waals surface area contributed by atoms with Crippen LogP contribution in [0.2, 0.25) is 0 Å². The summed E-state index contributed by atoms with van der Waals surface area (Å²) in [4.78, 5) is 52.6. The fourth-order valence-electron chi connectivity index (χ4n) is 4.09. The van der Waals surface area contributed by atoms with Crippen LogP contribution in [0.3, 0.4) is 0 Å². The van der Waals surface area contributed by atoms with Gasteiger partial charge in [-0.1, -0.05) is 36.4 Å². The number of hydrogen-bond acceptors (Lipinski definition) is 4. The number of nitrogens with one attached hydrogen (secondary N) is 4. The highest BCUT2D eigenvalue weighted by Crippen LogP contribution is 2.25. The Labute approximate surface area is 188 Å². The van der Waals surface area contributed by atoms with Gasteiger partial charge in [-0.25, -0.2) is 4.79 Å². The lowest BCUT2D eigenvalue weighted by atomic mass is 9.91. The molecule has 1 aliphatic heterocycles. The van der Waals surface area contributed by atoms with E-state index in [1.807, 2.05) is 18.2 Å². The number of aromatic nitrogens is 1. The number of para-hydroxylation sites is 1. The molecule has 0 radical (unpaired) electrons. The summed E-state index contributed by atoms with van der Waals surface area (Å²) in [7, 11) is 0. The molecule has 1 aromatic heterocycles. The largest absolute Gasteiger partial charge is 0.354 e. The zero-order valence-electron chi connectivity index (χ0n) is 17.7. The summed E-state index contributed by atoms with van der Waals surface area (Å²) in [5.74, 6) is -0.754. The number of fused-ring (bicyclic) bond motifs is 2. The second kappa shape index (κ2) is 7.59. The molecular formula is C25H20N4O4. The van der Waals surface area contributed by atoms with Crippen molar-refractivity contribution in [1.82, 2.24) is 20.9 Å². The molecule has 1 saturated heterocycles. The fraction of sp³-hybridized carbons (Fsp3) is 0.120. The molecule has 4 aromatic rings. The Morgan fingerprint density at radius 1 is 0.909 bits per heavy atom. The number of H-pyrrole nitrogens is 1. The van der Waals surface area contributed by atoms with E-state index in [1.165, 1.54) is 0 Å². The van der Waals surface area contributed by atoms with Gasteiger partial charge in [0.2, 0.25) is 0 Å². The zero-order chi connectivity index (χ0) is 23.2. The minimum atomic E-state index is -1.17. The maximum absolute atomic E-state index is 12.9. The molecule has 0 spiro atoms. The van der Waals surface area contributed by atoms with Crippen molar-refractivity contribution in [3.05, 3.63) is 93.6 Å². The van der Waals surface area contributed by atoms with Gasteiger partial charge in [-0.15, -0.1) is 0 Å². The van der Waals surface area contributed by atoms with Gasteiger partial charge in [0.1, 0.15) is 5.54 Å². The van der Waals surface area contributed by atoms with Crippen LogP contribution in [0, 0.1) is 0 Å². The molecule has 4 N–H and O–H groups in total. The molecular weight excluding hydrogens is 420 g/mol. The highest BCUT2D eigenvalue weighted by Gasteiger charge is 2.43. The molecule has 1 aliphatic rings. The fourth-order valence-corrected chi connectivity index (χ4v) is 4.09. The summed E-state index contributed by atoms with van der Waals surface area (Å²) in [5, 5.41) is 8.73. The number of aromatic amines is 1. The molecule has 33 heavy (non-hydrogen) atoms. The van der Waals surface area contributed by atoms with Crippen LogP contribution in [0.4, 0.5) is 4.79 Å². The van der Waals surface area contributed by atoms with Gasteiger partial charge in [0.15, 0.2) is 5.43 Å². The number of hydrogen-bond donors (Lipinski definition) is 4. The van der Waals surface area contributed by atoms with Crippen molar-refractivity contribution in [3.8, 4) is 0 Å². The number of amides is 4. The zero-order valence-corrected chi connectivity index (χ0v) is 17.7. The van der Waals surface area contributed by atoms with Gasteiger partial charge in [0.25, 0.3) is 11.8 Å². The second-order valence-corrected chi connectivity index (χ2v) is 8.18. The van der Waals surface area contributed by atoms with Crippen LogP contribution in [-0.4, -0.2) is 22.8 Å². The predicted molar refractivity (Wildman–Crippen MR) is 124 cm³/mol. The van der Waals surface area contributed by atoms with E-state index in [9.17, 15) is 19.2 Å². The van der Waals surface area contributed by atoms with Crippen LogP contribution in [0.5, 0.6) is 0 Å². The quantitative estimate of drug-likeness (QED) is 0.288. The Balaban J connectivity index is 1.38. The first kappa shape index (κ1) is 20.4. The Bertz CT molecular complexity index is 1520. The predicted octanol–water partition coefficient (Wildman–Crippen LogP) is 2.67. The molecule has 0 bridgehead atoms. The molecule has 0 aliphatic carbocycles. The molecule has 4 amide bonds. The topological polar surface area (TPSA) is 120 Å². The van der Waals surface area contributed by atoms with E-state index in [-0.39, 0.29) is 17.9 Å². The van der Waals surface area contributed by atoms with Gasteiger partial charge in [-0.05, 0) is 48.4 Å². The summed E-state index contributed by atoms with van der Waals surface area (Å²) in [6, 6.07) is 18.8. The average Bonchev–Trinajstić information content (AvgIpc) is 3.09. The van der Waals surface area contributed by atoms with E-state index < -0.39 is 17.5 Å². The smallest absolute Gasteiger partial charge is 0.322 e. The molecule has 8 nitrogen and oxygen atoms in total. The Kier molecular flexibility index (Phi) is 4.70. The third-order valence-electron chi connectivity index (χ3n) is 5.97. The number of carbonyl (C=O) groups excluding carboxylic acids is 3. The molecule has 8 heteroatoms. The molecule has 164 valence electrons. The highest BCUT2D eigenvalue weighted by molar-refractivity contribution is 6.07. The van der Waals surface area contributed by atoms with Crippen molar-refractivity contribution in [2.45, 2.75) is 19.0 Å². The van der Waals surface area contributed by atoms with Crippen LogP contribution in [0.15, 0.2) is 71.5 Å². The first-order valence-electron chi connectivity index (χ1n) is 10.4. The first-order valence-corrected chi connectivity index (χ1v) is 10.4. The second-order valence-electron chi connectivity index (χ2n) is 8.18. The third-order valence-corrected chi connectivity index (χ3v) is 5.97. The van der Waals surface area contributed by atoms with E-state index in [2.05, 4.69) is 20.9 Å². The van der Waals surface area contributed by atoms with Gasteiger partial charge in [0, 0.05) is 33.9 Å². The lowest BCUT2D eigenvalue weighted by Gasteiger charge is -2.21. The van der Waals surface area contributed by atoms with Crippen LogP contribution in [-0.2, 0) is 16.9 Å². The van der Waals surface area contributed by atoms with E-state index in [0.717, 1.165) is 11.1 Å². The van der Waals surface area contributed by atoms with Crippen molar-refractivity contribution in [1.29, 1.82) is 0 Å². The van der Waals surface area contributed by atoms with Crippen molar-refractivity contribution >= 4 is 39.7 Å². The van der Waals surface area contributed by atoms with Crippen LogP contribution >= 0.6 is 0 Å². The summed E-state index contributed by atoms with van der Waals surface area (Å²) < 4.78 is 0. The van der Waals surface area contributed by atoms with Crippen molar-refractivity contribution < 1.29 is 14.4 Å². The minimum absolute atomic E-state index is 0.133. The van der Waals surface area contributed by atoms with E-state index in [4.69, 9.17) is 0 Å². The monoisotopic (exact) mass is 440 g/mol. The minimum Gasteiger partial charge on any atom is -0.354 e. The summed E-state index contributed by atoms with van der Waals surface area (Å²) in [6.07, 6.45) is 0. The highest BCUT2D eigenvalue weighted by atomic mass is 16.2. The van der Waals surface area contributed by atoms with Gasteiger partial charge < -0.3 is 15.6 Å². The normalized spacial score (nSPS) is 17.7. The van der Waals surface area contributed by atoms with Gasteiger partial charge >= 0.3 is 6.03 Å². The van der Waals surface area contributed by atoms with Crippen molar-refractivity contribution in [2.75, 3.05) is 0 Å². The summed E-state index contributed by atoms with van der Waals surface area (Å²) in [6.45, 7) is 1.84. The molecule has 0 saturated carbocycles. The van der Waals surface area contributed by atoms with Gasteiger partial charge in [-0.3, -0.25) is 19.7 Å². The summed E-state index contributed by atoms with van der Waals surface area (Å²) in [5.41, 5.74) is 1.85. The summed E-state index contributed by atoms with van der Waals surface area (Å²) >= 11 is 0. The Hall–Kier alpha value is -4.46. The Morgan fingerprint density at radius 3 is 2.48 bits per heavy atom. The van der Waals surface area contributed by atoms with E-state index in [1.54, 1.807) is 55.5 Å². The molecule has 2 heterocycles. The lowest BCUT2D eigenvalue weighted by molar-refractivity contribution is -0.123. The number of imide groups is 1. The first-order chi connectivity index (χ1) is 15.8. The molecule has 3 aromatic carbocycles. The number of benzene rings is 3.